The third-order valence-electron chi connectivity index (χ3n) is 6.64. The summed E-state index contributed by atoms with van der Waals surface area (Å²) < 4.78 is 5.54. The topological polar surface area (TPSA) is 105 Å². The van der Waals surface area contributed by atoms with Crippen LogP contribution in [0.3, 0.4) is 0 Å². The third-order valence-corrected chi connectivity index (χ3v) is 6.64. The minimum Gasteiger partial charge on any atom is -0.481 e. The molecule has 0 aromatic heterocycles. The van der Waals surface area contributed by atoms with Crippen LogP contribution < -0.4 is 10.6 Å². The first-order valence-electron chi connectivity index (χ1n) is 11.5. The van der Waals surface area contributed by atoms with E-state index in [1.165, 1.54) is 11.1 Å². The van der Waals surface area contributed by atoms with Crippen LogP contribution >= 0.6 is 0 Å². The van der Waals surface area contributed by atoms with Gasteiger partial charge in [0, 0.05) is 24.4 Å². The molecule has 0 heterocycles. The Bertz CT molecular complexity index is 1000. The highest BCUT2D eigenvalue weighted by Crippen LogP contribution is 2.44. The van der Waals surface area contributed by atoms with Gasteiger partial charge in [-0.15, -0.1) is 0 Å². The predicted octanol–water partition coefficient (Wildman–Crippen LogP) is 3.78. The Balaban J connectivity index is 1.24. The molecule has 2 aliphatic rings. The van der Waals surface area contributed by atoms with Crippen molar-refractivity contribution in [2.75, 3.05) is 13.2 Å². The second kappa shape index (κ2) is 9.65. The smallest absolute Gasteiger partial charge is 0.407 e. The van der Waals surface area contributed by atoms with Gasteiger partial charge in [-0.25, -0.2) is 4.79 Å². The maximum Gasteiger partial charge on any atom is 0.407 e. The Kier molecular flexibility index (Phi) is 6.67. The highest BCUT2D eigenvalue weighted by Gasteiger charge is 2.43. The summed E-state index contributed by atoms with van der Waals surface area (Å²) in [6, 6.07) is 15.9. The van der Waals surface area contributed by atoms with Crippen LogP contribution in [0.2, 0.25) is 0 Å². The minimum absolute atomic E-state index is 0.00445. The molecule has 0 bridgehead atoms. The van der Waals surface area contributed by atoms with Crippen molar-refractivity contribution in [3.05, 3.63) is 59.7 Å². The van der Waals surface area contributed by atoms with Crippen molar-refractivity contribution in [1.29, 1.82) is 0 Å². The number of aliphatic carboxylic acids is 1. The molecule has 7 heteroatoms. The summed E-state index contributed by atoms with van der Waals surface area (Å²) in [5.41, 5.74) is 4.67. The summed E-state index contributed by atoms with van der Waals surface area (Å²) in [5.74, 6) is -1.20. The molecule has 2 aromatic carbocycles. The first-order chi connectivity index (χ1) is 15.8. The molecular formula is C26H30N2O5. The van der Waals surface area contributed by atoms with Crippen LogP contribution in [0.5, 0.6) is 0 Å². The molecule has 2 amide bonds. The van der Waals surface area contributed by atoms with Gasteiger partial charge in [0.2, 0.25) is 5.91 Å². The summed E-state index contributed by atoms with van der Waals surface area (Å²) in [7, 11) is 0. The molecule has 2 aliphatic carbocycles. The number of hydrogen-bond acceptors (Lipinski definition) is 4. The van der Waals surface area contributed by atoms with Gasteiger partial charge in [-0.2, -0.15) is 0 Å². The lowest BCUT2D eigenvalue weighted by Gasteiger charge is -2.20. The molecule has 7 nitrogen and oxygen atoms in total. The fraction of sp³-hybridized carbons (Fsp3) is 0.423. The van der Waals surface area contributed by atoms with Crippen molar-refractivity contribution in [1.82, 2.24) is 10.6 Å². The number of rotatable bonds is 9. The van der Waals surface area contributed by atoms with Crippen molar-refractivity contribution in [3.63, 3.8) is 0 Å². The maximum atomic E-state index is 12.4. The number of fused-ring (bicyclic) bond motifs is 3. The van der Waals surface area contributed by atoms with Crippen molar-refractivity contribution < 1.29 is 24.2 Å². The molecule has 1 saturated carbocycles. The predicted molar refractivity (Wildman–Crippen MR) is 124 cm³/mol. The highest BCUT2D eigenvalue weighted by molar-refractivity contribution is 5.83. The highest BCUT2D eigenvalue weighted by atomic mass is 16.5. The number of carbonyl (C=O) groups is 3. The second-order valence-corrected chi connectivity index (χ2v) is 9.27. The zero-order valence-corrected chi connectivity index (χ0v) is 18.9. The lowest BCUT2D eigenvalue weighted by molar-refractivity contribution is -0.138. The number of amides is 2. The Labute approximate surface area is 193 Å². The molecule has 0 radical (unpaired) electrons. The van der Waals surface area contributed by atoms with Crippen LogP contribution in [0.4, 0.5) is 4.79 Å². The van der Waals surface area contributed by atoms with Crippen LogP contribution in [-0.4, -0.2) is 42.3 Å². The number of ether oxygens (including phenoxy) is 1. The lowest BCUT2D eigenvalue weighted by atomic mass is 9.98. The van der Waals surface area contributed by atoms with Crippen molar-refractivity contribution >= 4 is 18.0 Å². The van der Waals surface area contributed by atoms with Gasteiger partial charge in [0.15, 0.2) is 0 Å². The SMILES string of the molecule is CC(C)[C@@H](CC(=O)O)NC(=O)C1CC1CNC(=O)OCC1c2ccccc2-c2ccccc21. The summed E-state index contributed by atoms with van der Waals surface area (Å²) in [5, 5.41) is 14.6. The number of carbonyl (C=O) groups excluding carboxylic acids is 2. The normalized spacial score (nSPS) is 19.4. The minimum atomic E-state index is -0.932. The molecule has 3 atom stereocenters. The summed E-state index contributed by atoms with van der Waals surface area (Å²) in [6.45, 7) is 4.38. The van der Waals surface area contributed by atoms with E-state index in [1.807, 2.05) is 38.1 Å². The van der Waals surface area contributed by atoms with Crippen molar-refractivity contribution in [2.45, 2.75) is 38.6 Å². The van der Waals surface area contributed by atoms with E-state index in [4.69, 9.17) is 9.84 Å². The van der Waals surface area contributed by atoms with E-state index in [0.29, 0.717) is 13.0 Å². The van der Waals surface area contributed by atoms with Gasteiger partial charge >= 0.3 is 12.1 Å². The monoisotopic (exact) mass is 450 g/mol. The van der Waals surface area contributed by atoms with Crippen molar-refractivity contribution in [3.8, 4) is 11.1 Å². The zero-order valence-electron chi connectivity index (χ0n) is 18.9. The fourth-order valence-electron chi connectivity index (χ4n) is 4.59. The van der Waals surface area contributed by atoms with Gasteiger partial charge < -0.3 is 20.5 Å². The Morgan fingerprint density at radius 3 is 2.21 bits per heavy atom. The average Bonchev–Trinajstić information content (AvgIpc) is 3.51. The number of benzene rings is 2. The largest absolute Gasteiger partial charge is 0.481 e. The van der Waals surface area contributed by atoms with Gasteiger partial charge in [-0.05, 0) is 40.5 Å². The summed E-state index contributed by atoms with van der Waals surface area (Å²) >= 11 is 0. The van der Waals surface area contributed by atoms with Crippen molar-refractivity contribution in [2.24, 2.45) is 17.8 Å². The lowest BCUT2D eigenvalue weighted by Crippen LogP contribution is -2.41. The molecule has 0 aliphatic heterocycles. The molecular weight excluding hydrogens is 420 g/mol. The summed E-state index contributed by atoms with van der Waals surface area (Å²) in [6.07, 6.45) is 0.0838. The average molecular weight is 451 g/mol. The van der Waals surface area contributed by atoms with E-state index in [1.54, 1.807) is 0 Å². The number of alkyl carbamates (subject to hydrolysis) is 1. The number of carboxylic acids is 1. The van der Waals surface area contributed by atoms with E-state index < -0.39 is 18.1 Å². The number of hydrogen-bond donors (Lipinski definition) is 3. The van der Waals surface area contributed by atoms with Crippen LogP contribution in [-0.2, 0) is 14.3 Å². The van der Waals surface area contributed by atoms with Crippen LogP contribution in [0.15, 0.2) is 48.5 Å². The second-order valence-electron chi connectivity index (χ2n) is 9.27. The molecule has 2 unspecified atom stereocenters. The molecule has 4 rings (SSSR count). The van der Waals surface area contributed by atoms with E-state index in [0.717, 1.165) is 11.1 Å². The van der Waals surface area contributed by atoms with Crippen LogP contribution in [0, 0.1) is 17.8 Å². The van der Waals surface area contributed by atoms with E-state index >= 15 is 0 Å². The zero-order chi connectivity index (χ0) is 23.5. The molecule has 0 spiro atoms. The van der Waals surface area contributed by atoms with Gasteiger partial charge in [0.25, 0.3) is 0 Å². The molecule has 0 saturated heterocycles. The van der Waals surface area contributed by atoms with E-state index in [9.17, 15) is 14.4 Å². The fourth-order valence-corrected chi connectivity index (χ4v) is 4.59. The molecule has 3 N–H and O–H groups in total. The molecule has 2 aromatic rings. The van der Waals surface area contributed by atoms with Crippen LogP contribution in [0.25, 0.3) is 11.1 Å². The quantitative estimate of drug-likeness (QED) is 0.539. The van der Waals surface area contributed by atoms with E-state index in [2.05, 4.69) is 34.9 Å². The van der Waals surface area contributed by atoms with Gasteiger partial charge in [0.05, 0.1) is 6.42 Å². The first-order valence-corrected chi connectivity index (χ1v) is 11.5. The molecule has 1 fully saturated rings. The van der Waals surface area contributed by atoms with Gasteiger partial charge in [-0.1, -0.05) is 62.4 Å². The molecule has 174 valence electrons. The Hall–Kier alpha value is -3.35. The summed E-state index contributed by atoms with van der Waals surface area (Å²) in [4.78, 5) is 35.8. The maximum absolute atomic E-state index is 12.4. The molecule has 33 heavy (non-hydrogen) atoms. The van der Waals surface area contributed by atoms with Gasteiger partial charge in [-0.3, -0.25) is 9.59 Å². The van der Waals surface area contributed by atoms with E-state index in [-0.39, 0.29) is 42.6 Å². The Morgan fingerprint density at radius 1 is 1.03 bits per heavy atom. The standard InChI is InChI=1S/C26H30N2O5/c1-15(2)23(12-24(29)30)28-25(31)21-11-16(21)13-27-26(32)33-14-22-19-9-5-3-7-17(19)18-8-4-6-10-20(18)22/h3-10,15-16,21-23H,11-14H2,1-2H3,(H,27,32)(H,28,31)(H,29,30)/t16?,21?,23-/m1/s1. The third kappa shape index (κ3) is 5.18. The number of carboxylic acid groups (broad SMARTS) is 1. The van der Waals surface area contributed by atoms with Crippen LogP contribution in [0.1, 0.15) is 43.7 Å². The first kappa shape index (κ1) is 22.8. The Morgan fingerprint density at radius 2 is 1.64 bits per heavy atom. The van der Waals surface area contributed by atoms with Gasteiger partial charge in [0.1, 0.15) is 6.61 Å². The number of nitrogens with one attached hydrogen (secondary N) is 2.